The van der Waals surface area contributed by atoms with E-state index < -0.39 is 0 Å². The average Bonchev–Trinajstić information content (AvgIpc) is 2.29. The van der Waals surface area contributed by atoms with Crippen LogP contribution in [0.5, 0.6) is 0 Å². The smallest absolute Gasteiger partial charge is 0.335 e. The SMILES string of the molecule is CC(C)(C)c1ccc(-c2ccc(=O)oc2)cc1. The van der Waals surface area contributed by atoms with Crippen LogP contribution in [0.25, 0.3) is 11.1 Å². The molecular formula is C15H16O2. The Bertz CT molecular complexity index is 536. The standard InChI is InChI=1S/C15H16O2/c1-15(2,3)13-7-4-11(5-8-13)12-6-9-14(16)17-10-12/h4-10H,1-3H3. The Morgan fingerprint density at radius 2 is 1.47 bits per heavy atom. The maximum atomic E-state index is 10.9. The van der Waals surface area contributed by atoms with Crippen molar-refractivity contribution < 1.29 is 4.42 Å². The van der Waals surface area contributed by atoms with Crippen LogP contribution in [-0.4, -0.2) is 0 Å². The van der Waals surface area contributed by atoms with Gasteiger partial charge in [0.15, 0.2) is 0 Å². The molecule has 1 heterocycles. The third kappa shape index (κ3) is 2.64. The van der Waals surface area contributed by atoms with E-state index in [0.717, 1.165) is 11.1 Å². The van der Waals surface area contributed by atoms with Gasteiger partial charge in [0.2, 0.25) is 0 Å². The van der Waals surface area contributed by atoms with Gasteiger partial charge in [0.05, 0.1) is 0 Å². The van der Waals surface area contributed by atoms with Gasteiger partial charge in [-0.2, -0.15) is 0 Å². The normalized spacial score (nSPS) is 11.5. The molecule has 0 aliphatic rings. The van der Waals surface area contributed by atoms with E-state index in [-0.39, 0.29) is 11.0 Å². The molecule has 2 nitrogen and oxygen atoms in total. The van der Waals surface area contributed by atoms with Crippen molar-refractivity contribution in [2.75, 3.05) is 0 Å². The van der Waals surface area contributed by atoms with Crippen LogP contribution >= 0.6 is 0 Å². The van der Waals surface area contributed by atoms with Crippen molar-refractivity contribution in [3.05, 3.63) is 58.6 Å². The second kappa shape index (κ2) is 4.21. The molecule has 0 bridgehead atoms. The fraction of sp³-hybridized carbons (Fsp3) is 0.267. The molecule has 0 atom stereocenters. The first-order valence-electron chi connectivity index (χ1n) is 5.66. The summed E-state index contributed by atoms with van der Waals surface area (Å²) in [6, 6.07) is 11.5. The Kier molecular flexibility index (Phi) is 2.88. The number of hydrogen-bond acceptors (Lipinski definition) is 2. The number of hydrogen-bond donors (Lipinski definition) is 0. The minimum atomic E-state index is -0.319. The van der Waals surface area contributed by atoms with Crippen LogP contribution in [0.4, 0.5) is 0 Å². The lowest BCUT2D eigenvalue weighted by molar-refractivity contribution is 0.512. The lowest BCUT2D eigenvalue weighted by Crippen LogP contribution is -2.10. The van der Waals surface area contributed by atoms with Crippen LogP contribution in [0.3, 0.4) is 0 Å². The summed E-state index contributed by atoms with van der Waals surface area (Å²) in [6.07, 6.45) is 1.49. The highest BCUT2D eigenvalue weighted by atomic mass is 16.4. The summed E-state index contributed by atoms with van der Waals surface area (Å²) in [6.45, 7) is 6.55. The van der Waals surface area contributed by atoms with Gasteiger partial charge in [0.1, 0.15) is 6.26 Å². The molecule has 0 aliphatic heterocycles. The fourth-order valence-electron chi connectivity index (χ4n) is 1.68. The zero-order valence-corrected chi connectivity index (χ0v) is 10.4. The lowest BCUT2D eigenvalue weighted by atomic mass is 9.86. The lowest BCUT2D eigenvalue weighted by Gasteiger charge is -2.19. The zero-order valence-electron chi connectivity index (χ0n) is 10.4. The molecular weight excluding hydrogens is 212 g/mol. The van der Waals surface area contributed by atoms with Crippen LogP contribution in [0.15, 0.2) is 51.9 Å². The molecule has 1 aromatic carbocycles. The zero-order chi connectivity index (χ0) is 12.5. The molecule has 2 heteroatoms. The van der Waals surface area contributed by atoms with Gasteiger partial charge >= 0.3 is 5.63 Å². The number of rotatable bonds is 1. The van der Waals surface area contributed by atoms with Gasteiger partial charge in [0.25, 0.3) is 0 Å². The minimum absolute atomic E-state index is 0.155. The van der Waals surface area contributed by atoms with E-state index >= 15 is 0 Å². The molecule has 0 saturated carbocycles. The average molecular weight is 228 g/mol. The molecule has 0 fully saturated rings. The molecule has 0 aliphatic carbocycles. The maximum absolute atomic E-state index is 10.9. The Morgan fingerprint density at radius 1 is 0.882 bits per heavy atom. The molecule has 2 aromatic rings. The fourth-order valence-corrected chi connectivity index (χ4v) is 1.68. The van der Waals surface area contributed by atoms with Crippen LogP contribution in [0, 0.1) is 0 Å². The molecule has 0 radical (unpaired) electrons. The second-order valence-corrected chi connectivity index (χ2v) is 5.17. The van der Waals surface area contributed by atoms with Gasteiger partial charge in [0, 0.05) is 11.6 Å². The van der Waals surface area contributed by atoms with E-state index in [1.807, 2.05) is 0 Å². The molecule has 0 spiro atoms. The highest BCUT2D eigenvalue weighted by molar-refractivity contribution is 5.62. The molecule has 1 aromatic heterocycles. The largest absolute Gasteiger partial charge is 0.431 e. The summed E-state index contributed by atoms with van der Waals surface area (Å²) in [5.41, 5.74) is 3.10. The third-order valence-corrected chi connectivity index (χ3v) is 2.79. The van der Waals surface area contributed by atoms with Gasteiger partial charge in [-0.25, -0.2) is 4.79 Å². The van der Waals surface area contributed by atoms with E-state index in [2.05, 4.69) is 45.0 Å². The third-order valence-electron chi connectivity index (χ3n) is 2.79. The molecule has 0 amide bonds. The quantitative estimate of drug-likeness (QED) is 0.746. The Hall–Kier alpha value is -1.83. The van der Waals surface area contributed by atoms with Crippen molar-refractivity contribution in [1.29, 1.82) is 0 Å². The monoisotopic (exact) mass is 228 g/mol. The van der Waals surface area contributed by atoms with Crippen molar-refractivity contribution in [1.82, 2.24) is 0 Å². The van der Waals surface area contributed by atoms with Crippen molar-refractivity contribution in [3.63, 3.8) is 0 Å². The Labute approximate surface area is 101 Å². The van der Waals surface area contributed by atoms with E-state index in [4.69, 9.17) is 4.42 Å². The summed E-state index contributed by atoms with van der Waals surface area (Å²) in [5.74, 6) is 0. The summed E-state index contributed by atoms with van der Waals surface area (Å²) < 4.78 is 4.85. The van der Waals surface area contributed by atoms with Gasteiger partial charge in [-0.1, -0.05) is 45.0 Å². The first-order valence-corrected chi connectivity index (χ1v) is 5.66. The predicted octanol–water partition coefficient (Wildman–Crippen LogP) is 3.60. The molecule has 17 heavy (non-hydrogen) atoms. The first kappa shape index (κ1) is 11.6. The molecule has 88 valence electrons. The highest BCUT2D eigenvalue weighted by Crippen LogP contribution is 2.25. The molecule has 0 unspecified atom stereocenters. The van der Waals surface area contributed by atoms with Crippen LogP contribution in [0.2, 0.25) is 0 Å². The molecule has 0 N–H and O–H groups in total. The van der Waals surface area contributed by atoms with Gasteiger partial charge in [-0.3, -0.25) is 0 Å². The predicted molar refractivity (Wildman–Crippen MR) is 69.1 cm³/mol. The van der Waals surface area contributed by atoms with Gasteiger partial charge in [-0.05, 0) is 22.6 Å². The van der Waals surface area contributed by atoms with E-state index in [1.54, 1.807) is 6.07 Å². The van der Waals surface area contributed by atoms with Crippen molar-refractivity contribution in [2.45, 2.75) is 26.2 Å². The van der Waals surface area contributed by atoms with E-state index in [1.165, 1.54) is 17.9 Å². The maximum Gasteiger partial charge on any atom is 0.335 e. The summed E-state index contributed by atoms with van der Waals surface area (Å²) >= 11 is 0. The summed E-state index contributed by atoms with van der Waals surface area (Å²) in [4.78, 5) is 10.9. The van der Waals surface area contributed by atoms with Crippen LogP contribution in [-0.2, 0) is 5.41 Å². The van der Waals surface area contributed by atoms with Crippen LogP contribution in [0.1, 0.15) is 26.3 Å². The van der Waals surface area contributed by atoms with Gasteiger partial charge in [-0.15, -0.1) is 0 Å². The minimum Gasteiger partial charge on any atom is -0.431 e. The van der Waals surface area contributed by atoms with Gasteiger partial charge < -0.3 is 4.42 Å². The Balaban J connectivity index is 2.36. The van der Waals surface area contributed by atoms with E-state index in [9.17, 15) is 4.79 Å². The molecule has 2 rings (SSSR count). The van der Waals surface area contributed by atoms with Crippen molar-refractivity contribution in [2.24, 2.45) is 0 Å². The van der Waals surface area contributed by atoms with Crippen molar-refractivity contribution >= 4 is 0 Å². The topological polar surface area (TPSA) is 30.2 Å². The first-order chi connectivity index (χ1) is 7.97. The van der Waals surface area contributed by atoms with Crippen molar-refractivity contribution in [3.8, 4) is 11.1 Å². The number of benzene rings is 1. The summed E-state index contributed by atoms with van der Waals surface area (Å²) in [5, 5.41) is 0. The van der Waals surface area contributed by atoms with Crippen LogP contribution < -0.4 is 5.63 Å². The molecule has 0 saturated heterocycles. The Morgan fingerprint density at radius 3 is 1.94 bits per heavy atom. The van der Waals surface area contributed by atoms with E-state index in [0.29, 0.717) is 0 Å². The second-order valence-electron chi connectivity index (χ2n) is 5.17. The highest BCUT2D eigenvalue weighted by Gasteiger charge is 2.12. The summed E-state index contributed by atoms with van der Waals surface area (Å²) in [7, 11) is 0.